The first-order valence-electron chi connectivity index (χ1n) is 6.46. The summed E-state index contributed by atoms with van der Waals surface area (Å²) in [5.41, 5.74) is 2.67. The van der Waals surface area contributed by atoms with E-state index in [4.69, 9.17) is 0 Å². The molecule has 2 fully saturated rings. The molecule has 4 atom stereocenters. The molecular weight excluding hydrogens is 196 g/mol. The van der Waals surface area contributed by atoms with Crippen LogP contribution in [0.4, 0.5) is 0 Å². The molecule has 0 aromatic carbocycles. The van der Waals surface area contributed by atoms with Crippen molar-refractivity contribution in [1.29, 1.82) is 0 Å². The van der Waals surface area contributed by atoms with Crippen LogP contribution in [-0.4, -0.2) is 11.2 Å². The van der Waals surface area contributed by atoms with E-state index in [-0.39, 0.29) is 11.5 Å². The highest BCUT2D eigenvalue weighted by Crippen LogP contribution is 2.54. The van der Waals surface area contributed by atoms with E-state index in [1.54, 1.807) is 0 Å². The summed E-state index contributed by atoms with van der Waals surface area (Å²) in [7, 11) is 0. The maximum atomic E-state index is 10.4. The molecule has 0 aromatic rings. The van der Waals surface area contributed by atoms with Gasteiger partial charge in [0, 0.05) is 5.41 Å². The van der Waals surface area contributed by atoms with E-state index < -0.39 is 0 Å². The van der Waals surface area contributed by atoms with Gasteiger partial charge in [0.05, 0.1) is 6.10 Å². The van der Waals surface area contributed by atoms with Crippen LogP contribution in [0.15, 0.2) is 24.3 Å². The van der Waals surface area contributed by atoms with E-state index in [0.717, 1.165) is 25.7 Å². The fourth-order valence-electron chi connectivity index (χ4n) is 3.67. The van der Waals surface area contributed by atoms with Crippen molar-refractivity contribution in [3.05, 3.63) is 24.3 Å². The molecular formula is C15H24O. The lowest BCUT2D eigenvalue weighted by molar-refractivity contribution is -0.0600. The van der Waals surface area contributed by atoms with Crippen molar-refractivity contribution in [2.24, 2.45) is 17.3 Å². The lowest BCUT2D eigenvalue weighted by Crippen LogP contribution is -2.48. The summed E-state index contributed by atoms with van der Waals surface area (Å²) in [6.07, 6.45) is 5.37. The maximum absolute atomic E-state index is 10.4. The van der Waals surface area contributed by atoms with Gasteiger partial charge in [0.25, 0.3) is 0 Å². The largest absolute Gasteiger partial charge is 0.393 e. The Labute approximate surface area is 99.3 Å². The first kappa shape index (κ1) is 11.9. The Morgan fingerprint density at radius 3 is 2.75 bits per heavy atom. The van der Waals surface area contributed by atoms with E-state index in [1.807, 2.05) is 0 Å². The number of rotatable bonds is 1. The highest BCUT2D eigenvalue weighted by Gasteiger charge is 2.48. The Hall–Kier alpha value is -0.560. The predicted molar refractivity (Wildman–Crippen MR) is 68.1 cm³/mol. The Kier molecular flexibility index (Phi) is 3.00. The third-order valence-electron chi connectivity index (χ3n) is 4.99. The second-order valence-corrected chi connectivity index (χ2v) is 6.10. The molecule has 90 valence electrons. The molecule has 1 N–H and O–H groups in total. The fourth-order valence-corrected chi connectivity index (χ4v) is 3.67. The summed E-state index contributed by atoms with van der Waals surface area (Å²) < 4.78 is 0. The summed E-state index contributed by atoms with van der Waals surface area (Å²) in [6, 6.07) is 0. The lowest BCUT2D eigenvalue weighted by atomic mass is 9.55. The molecule has 0 spiro atoms. The molecule has 0 heterocycles. The molecule has 0 amide bonds. The van der Waals surface area contributed by atoms with Gasteiger partial charge in [-0.2, -0.15) is 0 Å². The van der Waals surface area contributed by atoms with E-state index in [1.165, 1.54) is 17.6 Å². The molecule has 0 bridgehead atoms. The normalized spacial score (nSPS) is 43.9. The van der Waals surface area contributed by atoms with Crippen LogP contribution in [0.3, 0.4) is 0 Å². The molecule has 0 unspecified atom stereocenters. The zero-order chi connectivity index (χ0) is 11.9. The van der Waals surface area contributed by atoms with Crippen molar-refractivity contribution in [3.8, 4) is 0 Å². The lowest BCUT2D eigenvalue weighted by Gasteiger charge is -2.51. The Morgan fingerprint density at radius 1 is 1.44 bits per heavy atom. The minimum absolute atomic E-state index is 0.0846. The van der Waals surface area contributed by atoms with Gasteiger partial charge in [0.1, 0.15) is 0 Å². The van der Waals surface area contributed by atoms with Crippen LogP contribution in [0.1, 0.15) is 46.0 Å². The number of allylic oxidation sites excluding steroid dienone is 2. The number of hydrogen-bond acceptors (Lipinski definition) is 1. The monoisotopic (exact) mass is 220 g/mol. The Bertz CT molecular complexity index is 317. The van der Waals surface area contributed by atoms with Crippen LogP contribution in [0.2, 0.25) is 0 Å². The van der Waals surface area contributed by atoms with Gasteiger partial charge < -0.3 is 5.11 Å². The molecule has 1 heteroatoms. The molecule has 2 aliphatic carbocycles. The second-order valence-electron chi connectivity index (χ2n) is 6.10. The van der Waals surface area contributed by atoms with E-state index in [0.29, 0.717) is 11.8 Å². The number of aliphatic hydroxyl groups is 1. The van der Waals surface area contributed by atoms with Crippen molar-refractivity contribution in [1.82, 2.24) is 0 Å². The zero-order valence-corrected chi connectivity index (χ0v) is 10.6. The molecule has 2 aliphatic rings. The zero-order valence-electron chi connectivity index (χ0n) is 10.6. The summed E-state index contributed by atoms with van der Waals surface area (Å²) in [4.78, 5) is 0. The molecule has 16 heavy (non-hydrogen) atoms. The van der Waals surface area contributed by atoms with Gasteiger partial charge in [-0.3, -0.25) is 0 Å². The third kappa shape index (κ3) is 1.75. The minimum atomic E-state index is -0.176. The smallest absolute Gasteiger partial charge is 0.0605 e. The van der Waals surface area contributed by atoms with Gasteiger partial charge in [-0.05, 0) is 50.9 Å². The standard InChI is InChI=1S/C15H24O/c1-10(2)12-8-13-11(3)6-5-7-15(13,4)14(16)9-12/h12-14,16H,1,3,5-9H2,2,4H3/t12-,13-,14-,15-/m0/s1. The van der Waals surface area contributed by atoms with Crippen LogP contribution in [0.25, 0.3) is 0 Å². The highest BCUT2D eigenvalue weighted by molar-refractivity contribution is 5.17. The van der Waals surface area contributed by atoms with Gasteiger partial charge in [-0.25, -0.2) is 0 Å². The first-order valence-corrected chi connectivity index (χ1v) is 6.46. The molecule has 0 radical (unpaired) electrons. The number of aliphatic hydroxyl groups excluding tert-OH is 1. The molecule has 2 rings (SSSR count). The second kappa shape index (κ2) is 4.03. The van der Waals surface area contributed by atoms with Crippen molar-refractivity contribution in [2.75, 3.05) is 0 Å². The molecule has 0 aliphatic heterocycles. The van der Waals surface area contributed by atoms with Gasteiger partial charge in [-0.15, -0.1) is 0 Å². The quantitative estimate of drug-likeness (QED) is 0.668. The van der Waals surface area contributed by atoms with E-state index >= 15 is 0 Å². The third-order valence-corrected chi connectivity index (χ3v) is 4.99. The summed E-state index contributed by atoms with van der Waals surface area (Å²) in [5.74, 6) is 0.995. The van der Waals surface area contributed by atoms with Crippen LogP contribution < -0.4 is 0 Å². The van der Waals surface area contributed by atoms with Crippen molar-refractivity contribution >= 4 is 0 Å². The van der Waals surface area contributed by atoms with E-state index in [2.05, 4.69) is 27.0 Å². The predicted octanol–water partition coefficient (Wildman–Crippen LogP) is 3.70. The average molecular weight is 220 g/mol. The van der Waals surface area contributed by atoms with E-state index in [9.17, 15) is 5.11 Å². The topological polar surface area (TPSA) is 20.2 Å². The summed E-state index contributed by atoms with van der Waals surface area (Å²) in [6.45, 7) is 12.6. The van der Waals surface area contributed by atoms with Crippen molar-refractivity contribution in [2.45, 2.75) is 52.1 Å². The SMILES string of the molecule is C=C(C)[C@@H]1C[C@H](O)[C@@]2(C)CCCC(=C)[C@@H]2C1. The van der Waals surface area contributed by atoms with Crippen molar-refractivity contribution < 1.29 is 5.11 Å². The fraction of sp³-hybridized carbons (Fsp3) is 0.733. The van der Waals surface area contributed by atoms with Gasteiger partial charge in [-0.1, -0.05) is 31.2 Å². The highest BCUT2D eigenvalue weighted by atomic mass is 16.3. The maximum Gasteiger partial charge on any atom is 0.0605 e. The van der Waals surface area contributed by atoms with Gasteiger partial charge >= 0.3 is 0 Å². The molecule has 0 saturated heterocycles. The molecule has 1 nitrogen and oxygen atoms in total. The van der Waals surface area contributed by atoms with Crippen LogP contribution in [-0.2, 0) is 0 Å². The van der Waals surface area contributed by atoms with Crippen molar-refractivity contribution in [3.63, 3.8) is 0 Å². The van der Waals surface area contributed by atoms with Gasteiger partial charge in [0.2, 0.25) is 0 Å². The first-order chi connectivity index (χ1) is 7.45. The molecule has 0 aromatic heterocycles. The van der Waals surface area contributed by atoms with Gasteiger partial charge in [0.15, 0.2) is 0 Å². The number of hydrogen-bond donors (Lipinski definition) is 1. The molecule has 2 saturated carbocycles. The number of fused-ring (bicyclic) bond motifs is 1. The average Bonchev–Trinajstić information content (AvgIpc) is 2.20. The Morgan fingerprint density at radius 2 is 2.12 bits per heavy atom. The summed E-state index contributed by atoms with van der Waals surface area (Å²) in [5, 5.41) is 10.4. The Balaban J connectivity index is 2.25. The van der Waals surface area contributed by atoms with Crippen LogP contribution in [0.5, 0.6) is 0 Å². The summed E-state index contributed by atoms with van der Waals surface area (Å²) >= 11 is 0. The van der Waals surface area contributed by atoms with Crippen LogP contribution >= 0.6 is 0 Å². The minimum Gasteiger partial charge on any atom is -0.393 e. The van der Waals surface area contributed by atoms with Crippen LogP contribution in [0, 0.1) is 17.3 Å².